The molecule has 1 unspecified atom stereocenters. The van der Waals surface area contributed by atoms with Crippen molar-refractivity contribution in [3.63, 3.8) is 0 Å². The fraction of sp³-hybridized carbons (Fsp3) is 0.250. The number of nitrogens with one attached hydrogen (secondary N) is 1. The van der Waals surface area contributed by atoms with Gasteiger partial charge in [0.05, 0.1) is 21.8 Å². The molecule has 0 aromatic carbocycles. The summed E-state index contributed by atoms with van der Waals surface area (Å²) in [7, 11) is 0. The normalized spacial score (nSPS) is 12.6. The molecule has 0 fully saturated rings. The zero-order valence-corrected chi connectivity index (χ0v) is 11.6. The number of rotatable bonds is 4. The van der Waals surface area contributed by atoms with Gasteiger partial charge in [-0.3, -0.25) is 4.98 Å². The summed E-state index contributed by atoms with van der Waals surface area (Å²) >= 11 is 13.7. The summed E-state index contributed by atoms with van der Waals surface area (Å²) in [5.41, 5.74) is 1.99. The highest BCUT2D eigenvalue weighted by atomic mass is 35.5. The van der Waals surface area contributed by atoms with Crippen molar-refractivity contribution in [1.82, 2.24) is 10.3 Å². The van der Waals surface area contributed by atoms with E-state index in [0.29, 0.717) is 10.0 Å². The van der Waals surface area contributed by atoms with Crippen molar-refractivity contribution in [2.75, 3.05) is 6.54 Å². The van der Waals surface area contributed by atoms with Crippen LogP contribution in [0.4, 0.5) is 0 Å². The van der Waals surface area contributed by atoms with Crippen LogP contribution in [0.15, 0.2) is 29.1 Å². The summed E-state index contributed by atoms with van der Waals surface area (Å²) in [5.74, 6) is 0. The van der Waals surface area contributed by atoms with Gasteiger partial charge in [0, 0.05) is 6.20 Å². The van der Waals surface area contributed by atoms with E-state index in [1.807, 2.05) is 5.38 Å². The van der Waals surface area contributed by atoms with Gasteiger partial charge in [0.2, 0.25) is 0 Å². The SMILES string of the molecule is CCNC(c1ccsc1)c1ncc(Cl)cc1Cl. The fourth-order valence-electron chi connectivity index (χ4n) is 1.65. The van der Waals surface area contributed by atoms with Crippen molar-refractivity contribution in [2.24, 2.45) is 0 Å². The van der Waals surface area contributed by atoms with Crippen molar-refractivity contribution < 1.29 is 0 Å². The average Bonchev–Trinajstić information content (AvgIpc) is 2.80. The largest absolute Gasteiger partial charge is 0.305 e. The zero-order chi connectivity index (χ0) is 12.3. The predicted octanol–water partition coefficient (Wildman–Crippen LogP) is 4.15. The summed E-state index contributed by atoms with van der Waals surface area (Å²) in [4.78, 5) is 4.33. The second kappa shape index (κ2) is 5.83. The summed E-state index contributed by atoms with van der Waals surface area (Å²) in [6.45, 7) is 2.91. The average molecular weight is 287 g/mol. The molecule has 0 aliphatic rings. The lowest BCUT2D eigenvalue weighted by molar-refractivity contribution is 0.617. The zero-order valence-electron chi connectivity index (χ0n) is 9.28. The second-order valence-electron chi connectivity index (χ2n) is 3.57. The Balaban J connectivity index is 2.39. The van der Waals surface area contributed by atoms with Gasteiger partial charge in [-0.2, -0.15) is 11.3 Å². The van der Waals surface area contributed by atoms with Crippen LogP contribution in [0.5, 0.6) is 0 Å². The van der Waals surface area contributed by atoms with E-state index >= 15 is 0 Å². The molecule has 90 valence electrons. The van der Waals surface area contributed by atoms with E-state index < -0.39 is 0 Å². The molecule has 1 N–H and O–H groups in total. The van der Waals surface area contributed by atoms with Crippen LogP contribution in [0.25, 0.3) is 0 Å². The molecule has 2 rings (SSSR count). The van der Waals surface area contributed by atoms with E-state index in [1.165, 1.54) is 5.56 Å². The Hall–Kier alpha value is -0.610. The van der Waals surface area contributed by atoms with E-state index in [2.05, 4.69) is 28.7 Å². The third kappa shape index (κ3) is 2.99. The van der Waals surface area contributed by atoms with Crippen LogP contribution in [-0.2, 0) is 0 Å². The lowest BCUT2D eigenvalue weighted by Crippen LogP contribution is -2.22. The third-order valence-corrected chi connectivity index (χ3v) is 3.61. The molecule has 0 spiro atoms. The van der Waals surface area contributed by atoms with Crippen molar-refractivity contribution >= 4 is 34.5 Å². The van der Waals surface area contributed by atoms with E-state index in [-0.39, 0.29) is 6.04 Å². The number of pyridine rings is 1. The van der Waals surface area contributed by atoms with Crippen LogP contribution in [0, 0.1) is 0 Å². The van der Waals surface area contributed by atoms with E-state index in [4.69, 9.17) is 23.2 Å². The van der Waals surface area contributed by atoms with Gasteiger partial charge in [0.1, 0.15) is 0 Å². The molecular weight excluding hydrogens is 275 g/mol. The minimum Gasteiger partial charge on any atom is -0.305 e. The first kappa shape index (κ1) is 12.8. The van der Waals surface area contributed by atoms with E-state index in [1.54, 1.807) is 23.6 Å². The van der Waals surface area contributed by atoms with Gasteiger partial charge in [0.25, 0.3) is 0 Å². The first-order chi connectivity index (χ1) is 8.22. The van der Waals surface area contributed by atoms with Crippen LogP contribution in [0.3, 0.4) is 0 Å². The third-order valence-electron chi connectivity index (χ3n) is 2.39. The van der Waals surface area contributed by atoms with Gasteiger partial charge < -0.3 is 5.32 Å². The van der Waals surface area contributed by atoms with Crippen LogP contribution in [0.1, 0.15) is 24.2 Å². The highest BCUT2D eigenvalue weighted by molar-refractivity contribution is 7.08. The van der Waals surface area contributed by atoms with Crippen LogP contribution >= 0.6 is 34.5 Å². The Morgan fingerprint density at radius 1 is 1.47 bits per heavy atom. The van der Waals surface area contributed by atoms with Gasteiger partial charge in [-0.25, -0.2) is 0 Å². The molecule has 0 saturated carbocycles. The van der Waals surface area contributed by atoms with Crippen LogP contribution in [0.2, 0.25) is 10.0 Å². The van der Waals surface area contributed by atoms with Crippen molar-refractivity contribution in [3.05, 3.63) is 50.4 Å². The molecule has 17 heavy (non-hydrogen) atoms. The van der Waals surface area contributed by atoms with Crippen LogP contribution < -0.4 is 5.32 Å². The Morgan fingerprint density at radius 2 is 2.29 bits per heavy atom. The quantitative estimate of drug-likeness (QED) is 0.913. The van der Waals surface area contributed by atoms with Gasteiger partial charge in [0.15, 0.2) is 0 Å². The van der Waals surface area contributed by atoms with Gasteiger partial charge in [-0.15, -0.1) is 0 Å². The lowest BCUT2D eigenvalue weighted by Gasteiger charge is -2.17. The molecule has 0 aliphatic heterocycles. The van der Waals surface area contributed by atoms with E-state index in [0.717, 1.165) is 12.2 Å². The predicted molar refractivity (Wildman–Crippen MR) is 74.1 cm³/mol. The number of halogens is 2. The van der Waals surface area contributed by atoms with Crippen molar-refractivity contribution in [2.45, 2.75) is 13.0 Å². The standard InChI is InChI=1S/C12H12Cl2N2S/c1-2-15-11(8-3-4-17-7-8)12-10(14)5-9(13)6-16-12/h3-7,11,15H,2H2,1H3. The van der Waals surface area contributed by atoms with Crippen molar-refractivity contribution in [1.29, 1.82) is 0 Å². The maximum atomic E-state index is 6.19. The number of aromatic nitrogens is 1. The monoisotopic (exact) mass is 286 g/mol. The first-order valence-corrected chi connectivity index (χ1v) is 6.98. The maximum absolute atomic E-state index is 6.19. The summed E-state index contributed by atoms with van der Waals surface area (Å²) < 4.78 is 0. The molecule has 1 atom stereocenters. The first-order valence-electron chi connectivity index (χ1n) is 5.28. The second-order valence-corrected chi connectivity index (χ2v) is 5.19. The van der Waals surface area contributed by atoms with Gasteiger partial charge >= 0.3 is 0 Å². The Labute approximate surface area is 115 Å². The minimum absolute atomic E-state index is 0.0241. The molecule has 2 aromatic heterocycles. The van der Waals surface area contributed by atoms with Gasteiger partial charge in [-0.1, -0.05) is 30.1 Å². The Bertz CT molecular complexity index is 485. The fourth-order valence-corrected chi connectivity index (χ4v) is 2.83. The van der Waals surface area contributed by atoms with Gasteiger partial charge in [-0.05, 0) is 35.0 Å². The smallest absolute Gasteiger partial charge is 0.0805 e. The number of nitrogens with zero attached hydrogens (tertiary/aromatic N) is 1. The highest BCUT2D eigenvalue weighted by Gasteiger charge is 2.18. The molecule has 0 amide bonds. The molecule has 2 nitrogen and oxygen atoms in total. The number of thiophene rings is 1. The van der Waals surface area contributed by atoms with Crippen molar-refractivity contribution in [3.8, 4) is 0 Å². The lowest BCUT2D eigenvalue weighted by atomic mass is 10.1. The molecule has 0 radical (unpaired) electrons. The molecule has 0 saturated heterocycles. The minimum atomic E-state index is 0.0241. The molecular formula is C12H12Cl2N2S. The summed E-state index contributed by atoms with van der Waals surface area (Å²) in [6, 6.07) is 3.82. The maximum Gasteiger partial charge on any atom is 0.0805 e. The molecule has 2 heterocycles. The Kier molecular flexibility index (Phi) is 4.40. The molecule has 2 aromatic rings. The molecule has 5 heteroatoms. The Morgan fingerprint density at radius 3 is 2.88 bits per heavy atom. The molecule has 0 aliphatic carbocycles. The summed E-state index contributed by atoms with van der Waals surface area (Å²) in [6.07, 6.45) is 1.62. The number of hydrogen-bond acceptors (Lipinski definition) is 3. The molecule has 0 bridgehead atoms. The topological polar surface area (TPSA) is 24.9 Å². The summed E-state index contributed by atoms with van der Waals surface area (Å²) in [5, 5.41) is 8.67. The highest BCUT2D eigenvalue weighted by Crippen LogP contribution is 2.29. The van der Waals surface area contributed by atoms with Crippen LogP contribution in [-0.4, -0.2) is 11.5 Å². The number of hydrogen-bond donors (Lipinski definition) is 1. The van der Waals surface area contributed by atoms with E-state index in [9.17, 15) is 0 Å².